The van der Waals surface area contributed by atoms with Crippen molar-refractivity contribution < 1.29 is 14.4 Å². The van der Waals surface area contributed by atoms with E-state index in [0.717, 1.165) is 40.4 Å². The molecule has 0 aliphatic carbocycles. The Morgan fingerprint density at radius 3 is 2.49 bits per heavy atom. The van der Waals surface area contributed by atoms with E-state index in [0.29, 0.717) is 25.1 Å². The number of anilines is 1. The summed E-state index contributed by atoms with van der Waals surface area (Å²) in [7, 11) is 0. The van der Waals surface area contributed by atoms with Crippen molar-refractivity contribution in [3.63, 3.8) is 0 Å². The van der Waals surface area contributed by atoms with Crippen molar-refractivity contribution in [2.75, 3.05) is 18.0 Å². The molecule has 0 saturated heterocycles. The van der Waals surface area contributed by atoms with Crippen LogP contribution in [0, 0.1) is 6.92 Å². The van der Waals surface area contributed by atoms with Gasteiger partial charge in [-0.1, -0.05) is 74.4 Å². The third-order valence-corrected chi connectivity index (χ3v) is 6.59. The maximum absolute atomic E-state index is 13.8. The van der Waals surface area contributed by atoms with Crippen LogP contribution in [0.5, 0.6) is 0 Å². The molecule has 1 N–H and O–H groups in total. The lowest BCUT2D eigenvalue weighted by Crippen LogP contribution is -2.52. The Morgan fingerprint density at radius 1 is 1.03 bits per heavy atom. The molecule has 35 heavy (non-hydrogen) atoms. The van der Waals surface area contributed by atoms with Crippen molar-refractivity contribution in [2.24, 2.45) is 0 Å². The third-order valence-electron chi connectivity index (χ3n) is 6.59. The number of hydrogen-bond donors (Lipinski definition) is 1. The summed E-state index contributed by atoms with van der Waals surface area (Å²) < 4.78 is 0. The summed E-state index contributed by atoms with van der Waals surface area (Å²) in [5, 5.41) is 4.84. The Morgan fingerprint density at radius 2 is 1.77 bits per heavy atom. The van der Waals surface area contributed by atoms with Gasteiger partial charge in [0, 0.05) is 24.0 Å². The molecule has 6 nitrogen and oxygen atoms in total. The monoisotopic (exact) mass is 471 g/mol. The van der Waals surface area contributed by atoms with E-state index >= 15 is 0 Å². The van der Waals surface area contributed by atoms with Crippen molar-refractivity contribution in [3.8, 4) is 0 Å². The first-order chi connectivity index (χ1) is 16.9. The Labute approximate surface area is 206 Å². The van der Waals surface area contributed by atoms with Crippen molar-refractivity contribution in [1.82, 2.24) is 10.2 Å². The number of nitrogens with one attached hydrogen (secondary N) is 1. The van der Waals surface area contributed by atoms with Crippen LogP contribution in [0.15, 0.2) is 60.7 Å². The van der Waals surface area contributed by atoms with Gasteiger partial charge in [-0.05, 0) is 42.8 Å². The normalized spacial score (nSPS) is 13.2. The van der Waals surface area contributed by atoms with E-state index in [4.69, 9.17) is 0 Å². The molecule has 6 heteroatoms. The van der Waals surface area contributed by atoms with Gasteiger partial charge in [-0.15, -0.1) is 0 Å². The summed E-state index contributed by atoms with van der Waals surface area (Å²) in [5.74, 6) is -0.580. The molecule has 182 valence electrons. The zero-order valence-corrected chi connectivity index (χ0v) is 20.7. The Balaban J connectivity index is 1.62. The summed E-state index contributed by atoms with van der Waals surface area (Å²) in [6.45, 7) is 6.77. The minimum absolute atomic E-state index is 0.114. The summed E-state index contributed by atoms with van der Waals surface area (Å²) in [5.41, 5.74) is 3.40. The van der Waals surface area contributed by atoms with E-state index in [1.807, 2.05) is 68.4 Å². The Bertz CT molecular complexity index is 1250. The third kappa shape index (κ3) is 5.06. The lowest BCUT2D eigenvalue weighted by atomic mass is 10.1. The number of amides is 3. The number of benzene rings is 3. The summed E-state index contributed by atoms with van der Waals surface area (Å²) >= 11 is 0. The number of rotatable bonds is 10. The lowest BCUT2D eigenvalue weighted by Gasteiger charge is -2.32. The highest BCUT2D eigenvalue weighted by atomic mass is 16.2. The van der Waals surface area contributed by atoms with Crippen LogP contribution in [0.2, 0.25) is 0 Å². The molecule has 1 heterocycles. The average Bonchev–Trinajstić information content (AvgIpc) is 3.12. The predicted octanol–water partition coefficient (Wildman–Crippen LogP) is 4.83. The molecule has 0 fully saturated rings. The maximum Gasteiger partial charge on any atom is 0.259 e. The van der Waals surface area contributed by atoms with Gasteiger partial charge in [0.2, 0.25) is 11.8 Å². The second kappa shape index (κ2) is 10.7. The van der Waals surface area contributed by atoms with E-state index in [1.54, 1.807) is 15.9 Å². The molecule has 1 aliphatic heterocycles. The van der Waals surface area contributed by atoms with E-state index in [1.165, 1.54) is 0 Å². The Kier molecular flexibility index (Phi) is 7.49. The number of hydrogen-bond acceptors (Lipinski definition) is 3. The fraction of sp³-hybridized carbons (Fsp3) is 0.345. The molecule has 0 aromatic heterocycles. The number of carbonyl (C=O) groups is 3. The highest BCUT2D eigenvalue weighted by Crippen LogP contribution is 2.37. The quantitative estimate of drug-likeness (QED) is 0.431. The summed E-state index contributed by atoms with van der Waals surface area (Å²) in [4.78, 5) is 43.3. The molecule has 1 aliphatic rings. The van der Waals surface area contributed by atoms with Crippen LogP contribution < -0.4 is 10.2 Å². The van der Waals surface area contributed by atoms with Crippen LogP contribution >= 0.6 is 0 Å². The molecular formula is C29H33N3O3. The van der Waals surface area contributed by atoms with Gasteiger partial charge in [-0.25, -0.2) is 0 Å². The van der Waals surface area contributed by atoms with Crippen molar-refractivity contribution in [3.05, 3.63) is 77.4 Å². The zero-order valence-electron chi connectivity index (χ0n) is 20.7. The van der Waals surface area contributed by atoms with Gasteiger partial charge in [0.05, 0.1) is 5.69 Å². The maximum atomic E-state index is 13.8. The second-order valence-corrected chi connectivity index (χ2v) is 9.15. The van der Waals surface area contributed by atoms with E-state index in [9.17, 15) is 14.4 Å². The van der Waals surface area contributed by atoms with Gasteiger partial charge in [0.1, 0.15) is 12.6 Å². The molecule has 3 aromatic carbocycles. The molecule has 3 amide bonds. The highest BCUT2D eigenvalue weighted by Gasteiger charge is 2.35. The van der Waals surface area contributed by atoms with Crippen LogP contribution in [0.3, 0.4) is 0 Å². The lowest BCUT2D eigenvalue weighted by molar-refractivity contribution is -0.140. The fourth-order valence-corrected chi connectivity index (χ4v) is 4.80. The predicted molar refractivity (Wildman–Crippen MR) is 139 cm³/mol. The number of aryl methyl sites for hydroxylation is 1. The smallest absolute Gasteiger partial charge is 0.259 e. The first-order valence-corrected chi connectivity index (χ1v) is 12.4. The van der Waals surface area contributed by atoms with Crippen LogP contribution in [0.1, 0.15) is 54.6 Å². The van der Waals surface area contributed by atoms with Crippen molar-refractivity contribution >= 4 is 34.2 Å². The van der Waals surface area contributed by atoms with E-state index in [-0.39, 0.29) is 24.3 Å². The minimum atomic E-state index is -0.615. The fourth-order valence-electron chi connectivity index (χ4n) is 4.80. The summed E-state index contributed by atoms with van der Waals surface area (Å²) in [6, 6.07) is 18.7. The molecule has 0 bridgehead atoms. The van der Waals surface area contributed by atoms with Gasteiger partial charge in [0.15, 0.2) is 0 Å². The highest BCUT2D eigenvalue weighted by molar-refractivity contribution is 6.26. The average molecular weight is 472 g/mol. The molecule has 0 spiro atoms. The molecule has 3 aromatic rings. The largest absolute Gasteiger partial charge is 0.354 e. The number of unbranched alkanes of at least 4 members (excludes halogenated alkanes) is 1. The minimum Gasteiger partial charge on any atom is -0.354 e. The molecule has 1 unspecified atom stereocenters. The number of nitrogens with zero attached hydrogens (tertiary/aromatic N) is 2. The molecule has 1 atom stereocenters. The van der Waals surface area contributed by atoms with Gasteiger partial charge >= 0.3 is 0 Å². The topological polar surface area (TPSA) is 69.7 Å². The first kappa shape index (κ1) is 24.5. The van der Waals surface area contributed by atoms with Gasteiger partial charge < -0.3 is 10.2 Å². The molecule has 0 radical (unpaired) electrons. The van der Waals surface area contributed by atoms with Gasteiger partial charge in [0.25, 0.3) is 5.91 Å². The Hall–Kier alpha value is -3.67. The number of carbonyl (C=O) groups excluding carboxylic acids is 3. The van der Waals surface area contributed by atoms with E-state index < -0.39 is 6.04 Å². The summed E-state index contributed by atoms with van der Waals surface area (Å²) in [6.07, 6.45) is 2.35. The molecule has 4 rings (SSSR count). The van der Waals surface area contributed by atoms with Crippen LogP contribution in [-0.4, -0.2) is 41.8 Å². The van der Waals surface area contributed by atoms with Gasteiger partial charge in [-0.2, -0.15) is 0 Å². The molecule has 0 saturated carbocycles. The zero-order chi connectivity index (χ0) is 24.9. The van der Waals surface area contributed by atoms with Crippen LogP contribution in [0.4, 0.5) is 5.69 Å². The SMILES string of the molecule is CCCCNC(=O)C(CC)N(Cc1cccc(C)c1)C(=O)CN1C(=O)c2cccc3cccc1c23. The molecular weight excluding hydrogens is 438 g/mol. The standard InChI is InChI=1S/C29H33N3O3/c1-4-6-16-30-28(34)24(5-2)31(18-21-11-7-10-20(3)17-21)26(33)19-32-25-15-9-13-22-12-8-14-23(27(22)25)29(32)35/h7-15,17,24H,4-6,16,18-19H2,1-3H3,(H,30,34). The van der Waals surface area contributed by atoms with Crippen LogP contribution in [0.25, 0.3) is 10.8 Å². The van der Waals surface area contributed by atoms with Crippen molar-refractivity contribution in [2.45, 2.75) is 52.6 Å². The van der Waals surface area contributed by atoms with Gasteiger partial charge in [-0.3, -0.25) is 19.3 Å². The van der Waals surface area contributed by atoms with Crippen molar-refractivity contribution in [1.29, 1.82) is 0 Å². The van der Waals surface area contributed by atoms with Crippen LogP contribution in [-0.2, 0) is 16.1 Å². The van der Waals surface area contributed by atoms with E-state index in [2.05, 4.69) is 12.2 Å². The second-order valence-electron chi connectivity index (χ2n) is 9.15. The first-order valence-electron chi connectivity index (χ1n) is 12.4.